The average Bonchev–Trinajstić information content (AvgIpc) is 2.25. The molecule has 10 aromatic carbocycles. The lowest BCUT2D eigenvalue weighted by atomic mass is 9.80. The van der Waals surface area contributed by atoms with Gasteiger partial charge in [-0.2, -0.15) is 0 Å². The summed E-state index contributed by atoms with van der Waals surface area (Å²) in [5.41, 5.74) is 3.05. The number of hydrogen-bond donors (Lipinski definition) is 0. The maximum atomic E-state index is 16.0. The van der Waals surface area contributed by atoms with Gasteiger partial charge in [0.1, 0.15) is 46.0 Å². The van der Waals surface area contributed by atoms with Crippen molar-refractivity contribution in [2.45, 2.75) is 65.2 Å². The molecule has 2 heterocycles. The second-order valence-electron chi connectivity index (χ2n) is 20.9. The maximum Gasteiger partial charge on any atom is 0.330 e. The van der Waals surface area contributed by atoms with Crippen LogP contribution in [0.4, 0.5) is 5.69 Å². The van der Waals surface area contributed by atoms with Crippen molar-refractivity contribution in [2.24, 2.45) is 0 Å². The first-order valence-corrected chi connectivity index (χ1v) is 27.4. The van der Waals surface area contributed by atoms with E-state index in [1.807, 2.05) is 167 Å². The van der Waals surface area contributed by atoms with Crippen molar-refractivity contribution < 1.29 is 47.7 Å². The van der Waals surface area contributed by atoms with E-state index in [4.69, 9.17) is 23.7 Å². The fourth-order valence-corrected chi connectivity index (χ4v) is 11.5. The van der Waals surface area contributed by atoms with E-state index in [0.717, 1.165) is 17.2 Å². The van der Waals surface area contributed by atoms with Gasteiger partial charge in [0.25, 0.3) is 23.6 Å². The van der Waals surface area contributed by atoms with Crippen molar-refractivity contribution in [3.63, 3.8) is 0 Å². The molecular formula is C69H56N2O10. The van der Waals surface area contributed by atoms with E-state index in [1.165, 1.54) is 9.80 Å². The van der Waals surface area contributed by atoms with E-state index in [-0.39, 0.29) is 70.2 Å². The molecule has 2 aliphatic heterocycles. The Morgan fingerprint density at radius 2 is 0.778 bits per heavy atom. The first kappa shape index (κ1) is 51.9. The number of carbonyl (C=O) groups excluding carboxylic acids is 5. The van der Waals surface area contributed by atoms with Gasteiger partial charge in [0.15, 0.2) is 0 Å². The minimum Gasteiger partial charge on any atom is -0.463 e. The van der Waals surface area contributed by atoms with E-state index < -0.39 is 29.6 Å². The third-order valence-electron chi connectivity index (χ3n) is 15.1. The number of para-hydroxylation sites is 5. The van der Waals surface area contributed by atoms with Crippen molar-refractivity contribution in [3.05, 3.63) is 210 Å². The Hall–Kier alpha value is -9.81. The van der Waals surface area contributed by atoms with E-state index >= 15 is 19.2 Å². The van der Waals surface area contributed by atoms with Gasteiger partial charge < -0.3 is 23.7 Å². The van der Waals surface area contributed by atoms with Crippen molar-refractivity contribution in [1.82, 2.24) is 4.90 Å². The number of rotatable bonds is 19. The molecule has 10 aromatic rings. The van der Waals surface area contributed by atoms with E-state index in [2.05, 4.69) is 6.58 Å². The summed E-state index contributed by atoms with van der Waals surface area (Å²) in [7, 11) is 0. The van der Waals surface area contributed by atoms with Gasteiger partial charge in [0.2, 0.25) is 0 Å². The van der Waals surface area contributed by atoms with Gasteiger partial charge in [-0.1, -0.05) is 132 Å². The molecule has 0 saturated carbocycles. The van der Waals surface area contributed by atoms with Gasteiger partial charge >= 0.3 is 5.97 Å². The van der Waals surface area contributed by atoms with Crippen molar-refractivity contribution >= 4 is 78.4 Å². The van der Waals surface area contributed by atoms with E-state index in [9.17, 15) is 4.79 Å². The third-order valence-corrected chi connectivity index (χ3v) is 15.1. The van der Waals surface area contributed by atoms with Crippen LogP contribution in [0.25, 0.3) is 43.1 Å². The smallest absolute Gasteiger partial charge is 0.330 e. The Balaban J connectivity index is 1.21. The molecule has 0 N–H and O–H groups in total. The van der Waals surface area contributed by atoms with Crippen LogP contribution in [-0.2, 0) is 9.53 Å². The highest BCUT2D eigenvalue weighted by molar-refractivity contribution is 6.46. The summed E-state index contributed by atoms with van der Waals surface area (Å²) in [6.07, 6.45) is 3.56. The summed E-state index contributed by atoms with van der Waals surface area (Å²) in [4.78, 5) is 77.0. The molecule has 0 saturated heterocycles. The quantitative estimate of drug-likeness (QED) is 0.0192. The summed E-state index contributed by atoms with van der Waals surface area (Å²) >= 11 is 0. The van der Waals surface area contributed by atoms with Crippen LogP contribution in [0.1, 0.15) is 118 Å². The average molecular weight is 1070 g/mol. The Kier molecular flexibility index (Phi) is 13.7. The van der Waals surface area contributed by atoms with Gasteiger partial charge in [-0.25, -0.2) is 9.69 Å². The Morgan fingerprint density at radius 1 is 0.432 bits per heavy atom. The number of ether oxygens (including phenoxy) is 5. The predicted molar refractivity (Wildman–Crippen MR) is 314 cm³/mol. The summed E-state index contributed by atoms with van der Waals surface area (Å²) < 4.78 is 33.4. The van der Waals surface area contributed by atoms with E-state index in [0.29, 0.717) is 97.5 Å². The van der Waals surface area contributed by atoms with Crippen LogP contribution in [0.5, 0.6) is 46.0 Å². The number of esters is 1. The molecule has 81 heavy (non-hydrogen) atoms. The number of benzene rings is 10. The second kappa shape index (κ2) is 21.4. The molecule has 12 rings (SSSR count). The van der Waals surface area contributed by atoms with Crippen LogP contribution >= 0.6 is 0 Å². The van der Waals surface area contributed by atoms with Crippen LogP contribution in [0.15, 0.2) is 176 Å². The van der Waals surface area contributed by atoms with Crippen LogP contribution in [0, 0.1) is 0 Å². The monoisotopic (exact) mass is 1070 g/mol. The molecule has 0 unspecified atom stereocenters. The van der Waals surface area contributed by atoms with Gasteiger partial charge in [-0.15, -0.1) is 0 Å². The molecule has 402 valence electrons. The summed E-state index contributed by atoms with van der Waals surface area (Å²) in [5, 5.41) is 3.31. The number of anilines is 1. The molecule has 12 nitrogen and oxygen atoms in total. The number of hydrogen-bond acceptors (Lipinski definition) is 10. The normalized spacial score (nSPS) is 13.1. The number of carbonyl (C=O) groups is 5. The fraction of sp³-hybridized carbons (Fsp3) is 0.174. The van der Waals surface area contributed by atoms with Crippen LogP contribution in [-0.4, -0.2) is 47.6 Å². The fourth-order valence-electron chi connectivity index (χ4n) is 11.5. The molecule has 0 aromatic heterocycles. The molecule has 0 atom stereocenters. The standard InChI is InChI=1S/C69H56N2O10/c1-6-56(72)77-35-22-8-7-21-34-70-66(73)48-36-52(78-42-24-13-9-14-25-42)59-61-54(80-44-28-17-11-18-29-44)38-50-58-51(69(76)71(68(50)75)65-46(40(2)3)32-23-33-47(65)41(4)5)39-55(81-45-30-19-12-20-31-45)62(64(58)61)60-53(79-43-26-15-10-16-27-43)37-49(67(70)74)57(48)63(59)60/h6,9-20,23-33,36-41H,1,7-8,21-22,34-35H2,2-5H3. The minimum absolute atomic E-state index is 0.0624. The maximum absolute atomic E-state index is 16.0. The largest absolute Gasteiger partial charge is 0.463 e. The Morgan fingerprint density at radius 3 is 1.12 bits per heavy atom. The number of fused-ring (bicyclic) bond motifs is 2. The highest BCUT2D eigenvalue weighted by Crippen LogP contribution is 2.58. The molecule has 0 bridgehead atoms. The molecule has 0 fully saturated rings. The lowest BCUT2D eigenvalue weighted by Crippen LogP contribution is -2.42. The number of unbranched alkanes of at least 4 members (excludes halogenated alkanes) is 3. The molecule has 0 radical (unpaired) electrons. The SMILES string of the molecule is C=CC(=O)OCCCCCCN1C(=O)c2cc(Oc3ccccc3)c3c4c(Oc5ccccc5)cc5c6c(cc(Oc7ccccc7)c(c7c(Oc8ccccc8)cc(c2c37)C1=O)c64)C(=O)N(c1c(C(C)C)cccc1C(C)C)C5=O. The second-order valence-corrected chi connectivity index (χ2v) is 20.9. The molecular weight excluding hydrogens is 1020 g/mol. The minimum atomic E-state index is -0.542. The van der Waals surface area contributed by atoms with Crippen molar-refractivity contribution in [1.29, 1.82) is 0 Å². The summed E-state index contributed by atoms with van der Waals surface area (Å²) in [6.45, 7) is 12.0. The molecule has 12 heteroatoms. The molecule has 2 aliphatic rings. The van der Waals surface area contributed by atoms with Gasteiger partial charge in [0, 0.05) is 55.7 Å². The number of imide groups is 2. The number of amides is 4. The van der Waals surface area contributed by atoms with Gasteiger partial charge in [-0.3, -0.25) is 24.1 Å². The first-order valence-electron chi connectivity index (χ1n) is 27.4. The highest BCUT2D eigenvalue weighted by Gasteiger charge is 2.43. The summed E-state index contributed by atoms with van der Waals surface area (Å²) in [6, 6.07) is 49.5. The Bertz CT molecular complexity index is 3920. The molecule has 4 amide bonds. The van der Waals surface area contributed by atoms with Crippen LogP contribution in [0.2, 0.25) is 0 Å². The number of nitrogens with zero attached hydrogens (tertiary/aromatic N) is 2. The topological polar surface area (TPSA) is 138 Å². The lowest BCUT2D eigenvalue weighted by molar-refractivity contribution is -0.137. The Labute approximate surface area is 468 Å². The van der Waals surface area contributed by atoms with Gasteiger partial charge in [0.05, 0.1) is 34.5 Å². The van der Waals surface area contributed by atoms with Gasteiger partial charge in [-0.05, 0) is 115 Å². The van der Waals surface area contributed by atoms with Crippen molar-refractivity contribution in [2.75, 3.05) is 18.1 Å². The zero-order valence-electron chi connectivity index (χ0n) is 45.2. The predicted octanol–water partition coefficient (Wildman–Crippen LogP) is 16.8. The highest BCUT2D eigenvalue weighted by atomic mass is 16.5. The lowest BCUT2D eigenvalue weighted by Gasteiger charge is -2.34. The molecule has 0 spiro atoms. The van der Waals surface area contributed by atoms with Crippen LogP contribution < -0.4 is 23.8 Å². The third kappa shape index (κ3) is 9.22. The van der Waals surface area contributed by atoms with E-state index in [1.54, 1.807) is 24.3 Å². The van der Waals surface area contributed by atoms with Crippen molar-refractivity contribution in [3.8, 4) is 46.0 Å². The summed E-state index contributed by atoms with van der Waals surface area (Å²) in [5.74, 6) is 0.0183. The van der Waals surface area contributed by atoms with Crippen LogP contribution in [0.3, 0.4) is 0 Å². The zero-order valence-corrected chi connectivity index (χ0v) is 45.2. The zero-order chi connectivity index (χ0) is 56.1. The first-order chi connectivity index (χ1) is 39.4. The molecule has 0 aliphatic carbocycles.